The first-order valence-corrected chi connectivity index (χ1v) is 12.2. The highest BCUT2D eigenvalue weighted by atomic mass is 32.2. The van der Waals surface area contributed by atoms with Gasteiger partial charge in [-0.25, -0.2) is 8.42 Å². The number of ether oxygens (including phenoxy) is 1. The Labute approximate surface area is 185 Å². The molecule has 1 aliphatic rings. The summed E-state index contributed by atoms with van der Waals surface area (Å²) in [6.45, 7) is 10.9. The SMILES string of the molecule is Cc1ccc(S(=O)(=O)N2CCN(C(=O)C(C)Oc3ccccc3C(C)C)CC2)c(C)c1. The molecule has 1 atom stereocenters. The summed E-state index contributed by atoms with van der Waals surface area (Å²) in [6.07, 6.45) is -0.637. The minimum atomic E-state index is -3.58. The molecule has 0 aliphatic carbocycles. The van der Waals surface area contributed by atoms with Crippen LogP contribution in [0.1, 0.15) is 43.4 Å². The van der Waals surface area contributed by atoms with Crippen LogP contribution in [0.15, 0.2) is 47.4 Å². The summed E-state index contributed by atoms with van der Waals surface area (Å²) in [7, 11) is -3.58. The summed E-state index contributed by atoms with van der Waals surface area (Å²) in [4.78, 5) is 15.0. The van der Waals surface area contributed by atoms with Gasteiger partial charge in [0.2, 0.25) is 10.0 Å². The molecule has 6 nitrogen and oxygen atoms in total. The molecular weight excluding hydrogens is 412 g/mol. The van der Waals surface area contributed by atoms with Crippen molar-refractivity contribution in [3.63, 3.8) is 0 Å². The Hall–Kier alpha value is -2.38. The number of hydrogen-bond donors (Lipinski definition) is 0. The molecule has 0 spiro atoms. The van der Waals surface area contributed by atoms with Crippen LogP contribution in [0.25, 0.3) is 0 Å². The third-order valence-corrected chi connectivity index (χ3v) is 7.75. The molecule has 1 fully saturated rings. The Morgan fingerprint density at radius 2 is 1.61 bits per heavy atom. The Kier molecular flexibility index (Phi) is 7.06. The number of sulfonamides is 1. The van der Waals surface area contributed by atoms with Gasteiger partial charge in [-0.2, -0.15) is 4.31 Å². The van der Waals surface area contributed by atoms with Gasteiger partial charge in [0, 0.05) is 26.2 Å². The maximum absolute atomic E-state index is 13.1. The fraction of sp³-hybridized carbons (Fsp3) is 0.458. The highest BCUT2D eigenvalue weighted by molar-refractivity contribution is 7.89. The van der Waals surface area contributed by atoms with E-state index in [-0.39, 0.29) is 24.9 Å². The van der Waals surface area contributed by atoms with Crippen molar-refractivity contribution in [1.82, 2.24) is 9.21 Å². The van der Waals surface area contributed by atoms with Crippen LogP contribution in [0.3, 0.4) is 0 Å². The normalized spacial score (nSPS) is 16.4. The summed E-state index contributed by atoms with van der Waals surface area (Å²) in [6, 6.07) is 13.1. The Morgan fingerprint density at radius 3 is 2.23 bits per heavy atom. The highest BCUT2D eigenvalue weighted by Gasteiger charge is 2.32. The lowest BCUT2D eigenvalue weighted by atomic mass is 10.0. The van der Waals surface area contributed by atoms with E-state index in [1.807, 2.05) is 50.2 Å². The molecule has 1 saturated heterocycles. The predicted octanol–water partition coefficient (Wildman–Crippen LogP) is 3.73. The fourth-order valence-electron chi connectivity index (χ4n) is 3.94. The second-order valence-corrected chi connectivity index (χ2v) is 10.4. The van der Waals surface area contributed by atoms with Crippen molar-refractivity contribution in [2.45, 2.75) is 51.5 Å². The van der Waals surface area contributed by atoms with E-state index in [9.17, 15) is 13.2 Å². The van der Waals surface area contributed by atoms with E-state index in [1.54, 1.807) is 17.9 Å². The second kappa shape index (κ2) is 9.40. The largest absolute Gasteiger partial charge is 0.481 e. The zero-order valence-corrected chi connectivity index (χ0v) is 19.8. The maximum atomic E-state index is 13.1. The van der Waals surface area contributed by atoms with Crippen molar-refractivity contribution >= 4 is 15.9 Å². The van der Waals surface area contributed by atoms with Crippen LogP contribution in [0.2, 0.25) is 0 Å². The van der Waals surface area contributed by atoms with Crippen LogP contribution in [0, 0.1) is 13.8 Å². The molecule has 0 bridgehead atoms. The van der Waals surface area contributed by atoms with Crippen molar-refractivity contribution in [2.75, 3.05) is 26.2 Å². The van der Waals surface area contributed by atoms with Crippen LogP contribution in [-0.2, 0) is 14.8 Å². The number of carbonyl (C=O) groups excluding carboxylic acids is 1. The molecule has 168 valence electrons. The Balaban J connectivity index is 1.64. The number of piperazine rings is 1. The van der Waals surface area contributed by atoms with Crippen molar-refractivity contribution in [1.29, 1.82) is 0 Å². The summed E-state index contributed by atoms with van der Waals surface area (Å²) in [5, 5.41) is 0. The van der Waals surface area contributed by atoms with Gasteiger partial charge in [-0.15, -0.1) is 0 Å². The van der Waals surface area contributed by atoms with Gasteiger partial charge in [-0.05, 0) is 49.9 Å². The average molecular weight is 445 g/mol. The van der Waals surface area contributed by atoms with Gasteiger partial charge < -0.3 is 9.64 Å². The number of aryl methyl sites for hydroxylation is 2. The standard InChI is InChI=1S/C24H32N2O4S/c1-17(2)21-8-6-7-9-22(21)30-20(5)24(27)25-12-14-26(15-13-25)31(28,29)23-11-10-18(3)16-19(23)4/h6-11,16-17,20H,12-15H2,1-5H3. The smallest absolute Gasteiger partial charge is 0.263 e. The van der Waals surface area contributed by atoms with Gasteiger partial charge in [0.15, 0.2) is 6.10 Å². The Bertz CT molecular complexity index is 1040. The molecule has 1 amide bonds. The molecule has 0 aromatic heterocycles. The van der Waals surface area contributed by atoms with Crippen molar-refractivity contribution in [3.8, 4) is 5.75 Å². The van der Waals surface area contributed by atoms with Crippen LogP contribution < -0.4 is 4.74 Å². The molecule has 7 heteroatoms. The monoisotopic (exact) mass is 444 g/mol. The van der Waals surface area contributed by atoms with Gasteiger partial charge in [-0.1, -0.05) is 49.7 Å². The first kappa shape index (κ1) is 23.3. The third kappa shape index (κ3) is 5.10. The minimum absolute atomic E-state index is 0.123. The molecule has 3 rings (SSSR count). The van der Waals surface area contributed by atoms with E-state index in [0.29, 0.717) is 18.0 Å². The maximum Gasteiger partial charge on any atom is 0.263 e. The lowest BCUT2D eigenvalue weighted by Crippen LogP contribution is -2.53. The van der Waals surface area contributed by atoms with Gasteiger partial charge in [-0.3, -0.25) is 4.79 Å². The molecule has 2 aromatic carbocycles. The lowest BCUT2D eigenvalue weighted by Gasteiger charge is -2.35. The number of carbonyl (C=O) groups is 1. The zero-order chi connectivity index (χ0) is 22.8. The quantitative estimate of drug-likeness (QED) is 0.681. The number of para-hydroxylation sites is 1. The molecule has 0 N–H and O–H groups in total. The molecular formula is C24H32N2O4S. The number of rotatable bonds is 6. The van der Waals surface area contributed by atoms with Gasteiger partial charge in [0.05, 0.1) is 4.90 Å². The Morgan fingerprint density at radius 1 is 0.968 bits per heavy atom. The van der Waals surface area contributed by atoms with E-state index < -0.39 is 16.1 Å². The number of amides is 1. The molecule has 0 radical (unpaired) electrons. The third-order valence-electron chi connectivity index (χ3n) is 5.69. The van der Waals surface area contributed by atoms with E-state index >= 15 is 0 Å². The first-order chi connectivity index (χ1) is 14.6. The van der Waals surface area contributed by atoms with Crippen LogP contribution in [0.4, 0.5) is 0 Å². The summed E-state index contributed by atoms with van der Waals surface area (Å²) < 4.78 is 33.6. The zero-order valence-electron chi connectivity index (χ0n) is 19.0. The predicted molar refractivity (Wildman–Crippen MR) is 122 cm³/mol. The molecule has 2 aromatic rings. The van der Waals surface area contributed by atoms with Crippen molar-refractivity contribution < 1.29 is 17.9 Å². The van der Waals surface area contributed by atoms with Crippen molar-refractivity contribution in [3.05, 3.63) is 59.2 Å². The molecule has 1 unspecified atom stereocenters. The highest BCUT2D eigenvalue weighted by Crippen LogP contribution is 2.27. The van der Waals surface area contributed by atoms with E-state index in [2.05, 4.69) is 13.8 Å². The van der Waals surface area contributed by atoms with Gasteiger partial charge in [0.25, 0.3) is 5.91 Å². The van der Waals surface area contributed by atoms with Gasteiger partial charge in [0.1, 0.15) is 5.75 Å². The average Bonchev–Trinajstić information content (AvgIpc) is 2.73. The lowest BCUT2D eigenvalue weighted by molar-refractivity contribution is -0.139. The number of hydrogen-bond acceptors (Lipinski definition) is 4. The molecule has 0 saturated carbocycles. The topological polar surface area (TPSA) is 66.9 Å². The minimum Gasteiger partial charge on any atom is -0.481 e. The molecule has 1 aliphatic heterocycles. The number of nitrogens with zero attached hydrogens (tertiary/aromatic N) is 2. The first-order valence-electron chi connectivity index (χ1n) is 10.7. The van der Waals surface area contributed by atoms with Crippen LogP contribution in [0.5, 0.6) is 5.75 Å². The summed E-state index contributed by atoms with van der Waals surface area (Å²) in [5.41, 5.74) is 2.83. The molecule has 31 heavy (non-hydrogen) atoms. The molecule has 1 heterocycles. The van der Waals surface area contributed by atoms with Crippen LogP contribution >= 0.6 is 0 Å². The van der Waals surface area contributed by atoms with Crippen molar-refractivity contribution in [2.24, 2.45) is 0 Å². The van der Waals surface area contributed by atoms with E-state index in [1.165, 1.54) is 4.31 Å². The number of benzene rings is 2. The summed E-state index contributed by atoms with van der Waals surface area (Å²) in [5.74, 6) is 0.883. The van der Waals surface area contributed by atoms with Gasteiger partial charge >= 0.3 is 0 Å². The fourth-order valence-corrected chi connectivity index (χ4v) is 5.57. The van der Waals surface area contributed by atoms with E-state index in [0.717, 1.165) is 22.4 Å². The van der Waals surface area contributed by atoms with E-state index in [4.69, 9.17) is 4.74 Å². The summed E-state index contributed by atoms with van der Waals surface area (Å²) >= 11 is 0. The van der Waals surface area contributed by atoms with Crippen LogP contribution in [-0.4, -0.2) is 55.8 Å². The second-order valence-electron chi connectivity index (χ2n) is 8.45.